The van der Waals surface area contributed by atoms with Crippen LogP contribution in [0.15, 0.2) is 0 Å². The quantitative estimate of drug-likeness (QED) is 0.568. The fourth-order valence-corrected chi connectivity index (χ4v) is 1.87. The molecule has 0 amide bonds. The summed E-state index contributed by atoms with van der Waals surface area (Å²) in [5, 5.41) is 0. The van der Waals surface area contributed by atoms with Gasteiger partial charge in [0.15, 0.2) is 0 Å². The van der Waals surface area contributed by atoms with Crippen molar-refractivity contribution >= 4 is 0 Å². The lowest BCUT2D eigenvalue weighted by Gasteiger charge is -2.18. The van der Waals surface area contributed by atoms with Crippen LogP contribution in [0.25, 0.3) is 0 Å². The number of rotatable bonds is 2. The van der Waals surface area contributed by atoms with Crippen LogP contribution >= 0.6 is 0 Å². The third kappa shape index (κ3) is 2.50. The van der Waals surface area contributed by atoms with Gasteiger partial charge < -0.3 is 0 Å². The highest BCUT2D eigenvalue weighted by Crippen LogP contribution is 2.55. The van der Waals surface area contributed by atoms with E-state index in [2.05, 4.69) is 34.6 Å². The van der Waals surface area contributed by atoms with E-state index in [1.807, 2.05) is 5.92 Å². The van der Waals surface area contributed by atoms with Crippen LogP contribution in [-0.2, 0) is 0 Å². The second-order valence-electron chi connectivity index (χ2n) is 5.38. The molecule has 0 nitrogen and oxygen atoms in total. The van der Waals surface area contributed by atoms with Gasteiger partial charge in [0.05, 0.1) is 0 Å². The van der Waals surface area contributed by atoms with Gasteiger partial charge >= 0.3 is 0 Å². The molecule has 1 radical (unpaired) electrons. The summed E-state index contributed by atoms with van der Waals surface area (Å²) in [4.78, 5) is 0. The van der Waals surface area contributed by atoms with Gasteiger partial charge in [-0.15, -0.1) is 0 Å². The lowest BCUT2D eigenvalue weighted by molar-refractivity contribution is 0.350. The van der Waals surface area contributed by atoms with E-state index in [-0.39, 0.29) is 0 Å². The normalized spacial score (nSPS) is 26.2. The van der Waals surface area contributed by atoms with E-state index in [9.17, 15) is 0 Å². The fraction of sp³-hybridized carbons (Fsp3) is 0.909. The first-order valence-corrected chi connectivity index (χ1v) is 4.76. The topological polar surface area (TPSA) is 0 Å². The molecule has 1 aliphatic rings. The van der Waals surface area contributed by atoms with Crippen molar-refractivity contribution in [2.45, 2.75) is 47.5 Å². The molecule has 0 aromatic carbocycles. The predicted molar refractivity (Wildman–Crippen MR) is 50.3 cm³/mol. The average molecular weight is 153 g/mol. The van der Waals surface area contributed by atoms with Gasteiger partial charge in [-0.3, -0.25) is 0 Å². The lowest BCUT2D eigenvalue weighted by atomic mass is 9.87. The molecule has 1 saturated carbocycles. The largest absolute Gasteiger partial charge is 0.0628 e. The SMILES string of the molecule is CC(C)C[C]1CC1C(C)(C)C. The first kappa shape index (κ1) is 9.09. The summed E-state index contributed by atoms with van der Waals surface area (Å²) in [5.41, 5.74) is 0.532. The van der Waals surface area contributed by atoms with E-state index in [1.165, 1.54) is 12.8 Å². The van der Waals surface area contributed by atoms with Crippen LogP contribution in [0.1, 0.15) is 47.5 Å². The van der Waals surface area contributed by atoms with Crippen molar-refractivity contribution in [3.8, 4) is 0 Å². The summed E-state index contributed by atoms with van der Waals surface area (Å²) in [5.74, 6) is 3.61. The highest BCUT2D eigenvalue weighted by Gasteiger charge is 2.45. The standard InChI is InChI=1S/C11H21/c1-8(2)6-9-7-10(9)11(3,4)5/h8,10H,6-7H2,1-5H3. The number of hydrogen-bond acceptors (Lipinski definition) is 0. The minimum absolute atomic E-state index is 0.532. The maximum atomic E-state index is 2.35. The van der Waals surface area contributed by atoms with Gasteiger partial charge in [-0.05, 0) is 36.0 Å². The molecule has 0 heteroatoms. The molecule has 0 aromatic heterocycles. The molecule has 1 unspecified atom stereocenters. The Balaban J connectivity index is 2.27. The molecule has 0 spiro atoms. The summed E-state index contributed by atoms with van der Waals surface area (Å²) in [6.07, 6.45) is 2.77. The Morgan fingerprint density at radius 1 is 1.36 bits per heavy atom. The molecular formula is C11H21. The van der Waals surface area contributed by atoms with Crippen LogP contribution in [0, 0.1) is 23.2 Å². The van der Waals surface area contributed by atoms with Gasteiger partial charge in [-0.1, -0.05) is 34.6 Å². The zero-order valence-electron chi connectivity index (χ0n) is 8.57. The molecule has 1 aliphatic carbocycles. The number of hydrogen-bond donors (Lipinski definition) is 0. The van der Waals surface area contributed by atoms with Gasteiger partial charge in [-0.25, -0.2) is 0 Å². The monoisotopic (exact) mass is 153 g/mol. The molecule has 0 heterocycles. The van der Waals surface area contributed by atoms with Crippen molar-refractivity contribution in [3.63, 3.8) is 0 Å². The van der Waals surface area contributed by atoms with E-state index < -0.39 is 0 Å². The van der Waals surface area contributed by atoms with Crippen molar-refractivity contribution in [2.24, 2.45) is 17.3 Å². The fourth-order valence-electron chi connectivity index (χ4n) is 1.87. The molecule has 0 aliphatic heterocycles. The Hall–Kier alpha value is 0. The van der Waals surface area contributed by atoms with Crippen molar-refractivity contribution < 1.29 is 0 Å². The van der Waals surface area contributed by atoms with Crippen LogP contribution < -0.4 is 0 Å². The van der Waals surface area contributed by atoms with E-state index in [1.54, 1.807) is 0 Å². The van der Waals surface area contributed by atoms with Crippen molar-refractivity contribution in [1.82, 2.24) is 0 Å². The zero-order valence-corrected chi connectivity index (χ0v) is 8.57. The minimum Gasteiger partial charge on any atom is -0.0628 e. The van der Waals surface area contributed by atoms with E-state index in [4.69, 9.17) is 0 Å². The molecule has 0 saturated heterocycles. The molecule has 0 N–H and O–H groups in total. The van der Waals surface area contributed by atoms with Crippen LogP contribution in [-0.4, -0.2) is 0 Å². The van der Waals surface area contributed by atoms with Gasteiger partial charge in [0.25, 0.3) is 0 Å². The molecule has 0 aromatic rings. The average Bonchev–Trinajstić information content (AvgIpc) is 2.40. The Morgan fingerprint density at radius 3 is 2.18 bits per heavy atom. The smallest absolute Gasteiger partial charge is 0.0199 e. The highest BCUT2D eigenvalue weighted by molar-refractivity contribution is 5.17. The summed E-state index contributed by atoms with van der Waals surface area (Å²) in [7, 11) is 0. The van der Waals surface area contributed by atoms with Gasteiger partial charge in [-0.2, -0.15) is 0 Å². The first-order chi connectivity index (χ1) is 4.91. The van der Waals surface area contributed by atoms with Crippen LogP contribution in [0.5, 0.6) is 0 Å². The lowest BCUT2D eigenvalue weighted by Crippen LogP contribution is -2.09. The maximum absolute atomic E-state index is 2.35. The third-order valence-corrected chi connectivity index (χ3v) is 2.51. The summed E-state index contributed by atoms with van der Waals surface area (Å²) in [6.45, 7) is 11.7. The Morgan fingerprint density at radius 2 is 1.91 bits per heavy atom. The van der Waals surface area contributed by atoms with Crippen LogP contribution in [0.4, 0.5) is 0 Å². The summed E-state index contributed by atoms with van der Waals surface area (Å²) < 4.78 is 0. The summed E-state index contributed by atoms with van der Waals surface area (Å²) >= 11 is 0. The molecule has 0 bridgehead atoms. The molecule has 1 atom stereocenters. The maximum Gasteiger partial charge on any atom is -0.0199 e. The Bertz CT molecular complexity index is 127. The Kier molecular flexibility index (Phi) is 2.32. The van der Waals surface area contributed by atoms with Crippen molar-refractivity contribution in [3.05, 3.63) is 5.92 Å². The first-order valence-electron chi connectivity index (χ1n) is 4.76. The van der Waals surface area contributed by atoms with Crippen molar-refractivity contribution in [1.29, 1.82) is 0 Å². The molecule has 65 valence electrons. The summed E-state index contributed by atoms with van der Waals surface area (Å²) in [6, 6.07) is 0. The molecule has 1 rings (SSSR count). The second-order valence-corrected chi connectivity index (χ2v) is 5.38. The minimum atomic E-state index is 0.532. The van der Waals surface area contributed by atoms with E-state index in [0.29, 0.717) is 5.41 Å². The molecule has 11 heavy (non-hydrogen) atoms. The molecular weight excluding hydrogens is 132 g/mol. The van der Waals surface area contributed by atoms with E-state index in [0.717, 1.165) is 11.8 Å². The van der Waals surface area contributed by atoms with Crippen LogP contribution in [0.2, 0.25) is 0 Å². The second kappa shape index (κ2) is 2.80. The van der Waals surface area contributed by atoms with Crippen LogP contribution in [0.3, 0.4) is 0 Å². The van der Waals surface area contributed by atoms with Crippen molar-refractivity contribution in [2.75, 3.05) is 0 Å². The Labute approximate surface area is 71.4 Å². The zero-order chi connectivity index (χ0) is 8.65. The predicted octanol–water partition coefficient (Wildman–Crippen LogP) is 3.67. The van der Waals surface area contributed by atoms with Gasteiger partial charge in [0, 0.05) is 0 Å². The van der Waals surface area contributed by atoms with E-state index >= 15 is 0 Å². The highest BCUT2D eigenvalue weighted by atomic mass is 14.5. The van der Waals surface area contributed by atoms with Gasteiger partial charge in [0.2, 0.25) is 0 Å². The van der Waals surface area contributed by atoms with Gasteiger partial charge in [0.1, 0.15) is 0 Å². The molecule has 1 fully saturated rings. The third-order valence-electron chi connectivity index (χ3n) is 2.51.